The monoisotopic (exact) mass is 163 g/mol. The van der Waals surface area contributed by atoms with Crippen LogP contribution in [0.25, 0.3) is 6.08 Å². The molecule has 0 bridgehead atoms. The van der Waals surface area contributed by atoms with Gasteiger partial charge in [-0.1, -0.05) is 6.92 Å². The average molecular weight is 163 g/mol. The van der Waals surface area contributed by atoms with E-state index in [1.807, 2.05) is 42.9 Å². The van der Waals surface area contributed by atoms with Crippen LogP contribution in [0.1, 0.15) is 19.0 Å². The Kier molecular flexibility index (Phi) is 2.86. The number of rotatable bonds is 3. The van der Waals surface area contributed by atoms with Crippen LogP contribution in [0.2, 0.25) is 0 Å². The summed E-state index contributed by atoms with van der Waals surface area (Å²) in [6.07, 6.45) is 5.57. The summed E-state index contributed by atoms with van der Waals surface area (Å²) in [7, 11) is 1.96. The molecule has 1 rings (SSSR count). The predicted molar refractivity (Wildman–Crippen MR) is 49.7 cm³/mol. The molecule has 0 unspecified atom stereocenters. The Bertz CT molecular complexity index is 297. The molecule has 64 valence electrons. The molecule has 0 amide bonds. The van der Waals surface area contributed by atoms with Crippen molar-refractivity contribution in [3.8, 4) is 0 Å². The van der Waals surface area contributed by atoms with Gasteiger partial charge in [0.1, 0.15) is 6.29 Å². The van der Waals surface area contributed by atoms with Gasteiger partial charge in [0.05, 0.1) is 0 Å². The zero-order valence-corrected chi connectivity index (χ0v) is 7.45. The number of nitrogens with zero attached hydrogens (tertiary/aromatic N) is 1. The number of hydrogen-bond donors (Lipinski definition) is 0. The minimum atomic E-state index is 0.786. The predicted octanol–water partition coefficient (Wildman–Crippen LogP) is 2.02. The highest BCUT2D eigenvalue weighted by molar-refractivity contribution is 5.80. The van der Waals surface area contributed by atoms with Crippen molar-refractivity contribution < 1.29 is 4.79 Å². The van der Waals surface area contributed by atoms with Crippen molar-refractivity contribution in [3.05, 3.63) is 29.6 Å². The molecule has 0 aliphatic carbocycles. The van der Waals surface area contributed by atoms with Gasteiger partial charge in [-0.05, 0) is 30.2 Å². The van der Waals surface area contributed by atoms with Gasteiger partial charge in [-0.2, -0.15) is 0 Å². The van der Waals surface area contributed by atoms with Crippen molar-refractivity contribution in [2.24, 2.45) is 7.05 Å². The van der Waals surface area contributed by atoms with Gasteiger partial charge in [-0.3, -0.25) is 4.79 Å². The first-order valence-electron chi connectivity index (χ1n) is 4.05. The van der Waals surface area contributed by atoms with Crippen LogP contribution in [0.3, 0.4) is 0 Å². The summed E-state index contributed by atoms with van der Waals surface area (Å²) < 4.78 is 1.99. The van der Waals surface area contributed by atoms with E-state index in [1.54, 1.807) is 0 Å². The fourth-order valence-corrected chi connectivity index (χ4v) is 1.03. The van der Waals surface area contributed by atoms with Crippen LogP contribution in [0, 0.1) is 0 Å². The highest BCUT2D eigenvalue weighted by Crippen LogP contribution is 2.07. The zero-order chi connectivity index (χ0) is 8.97. The van der Waals surface area contributed by atoms with Crippen LogP contribution in [0.15, 0.2) is 23.9 Å². The minimum Gasteiger partial charge on any atom is -0.351 e. The van der Waals surface area contributed by atoms with Gasteiger partial charge >= 0.3 is 0 Å². The third kappa shape index (κ3) is 1.84. The molecule has 12 heavy (non-hydrogen) atoms. The molecule has 1 heterocycles. The van der Waals surface area contributed by atoms with Gasteiger partial charge in [-0.25, -0.2) is 0 Å². The van der Waals surface area contributed by atoms with E-state index < -0.39 is 0 Å². The lowest BCUT2D eigenvalue weighted by Crippen LogP contribution is -1.89. The summed E-state index contributed by atoms with van der Waals surface area (Å²) >= 11 is 0. The van der Waals surface area contributed by atoms with Gasteiger partial charge in [-0.15, -0.1) is 0 Å². The van der Waals surface area contributed by atoms with E-state index in [0.29, 0.717) is 0 Å². The molecule has 2 heteroatoms. The lowest BCUT2D eigenvalue weighted by molar-refractivity contribution is -0.104. The smallest absolute Gasteiger partial charge is 0.146 e. The molecule has 2 nitrogen and oxygen atoms in total. The number of carbonyl (C=O) groups excluding carboxylic acids is 1. The quantitative estimate of drug-likeness (QED) is 0.493. The number of hydrogen-bond acceptors (Lipinski definition) is 1. The van der Waals surface area contributed by atoms with Crippen molar-refractivity contribution in [2.75, 3.05) is 0 Å². The van der Waals surface area contributed by atoms with Gasteiger partial charge in [0, 0.05) is 18.9 Å². The second-order valence-corrected chi connectivity index (χ2v) is 2.73. The molecule has 0 saturated carbocycles. The fourth-order valence-electron chi connectivity index (χ4n) is 1.03. The molecule has 0 spiro atoms. The number of aromatic nitrogens is 1. The summed E-state index contributed by atoms with van der Waals surface area (Å²) in [5, 5.41) is 0. The highest BCUT2D eigenvalue weighted by atomic mass is 16.1. The van der Waals surface area contributed by atoms with Crippen molar-refractivity contribution in [1.82, 2.24) is 4.57 Å². The topological polar surface area (TPSA) is 22.0 Å². The van der Waals surface area contributed by atoms with Crippen molar-refractivity contribution in [2.45, 2.75) is 13.3 Å². The van der Waals surface area contributed by atoms with Crippen molar-refractivity contribution in [1.29, 1.82) is 0 Å². The molecule has 0 fully saturated rings. The summed E-state index contributed by atoms with van der Waals surface area (Å²) in [5.41, 5.74) is 1.90. The molecule has 0 aromatic carbocycles. The van der Waals surface area contributed by atoms with Gasteiger partial charge in [0.25, 0.3) is 0 Å². The Morgan fingerprint density at radius 3 is 2.83 bits per heavy atom. The maximum Gasteiger partial charge on any atom is 0.146 e. The molecule has 0 atom stereocenters. The van der Waals surface area contributed by atoms with E-state index in [0.717, 1.165) is 24.0 Å². The van der Waals surface area contributed by atoms with Crippen molar-refractivity contribution >= 4 is 12.4 Å². The second-order valence-electron chi connectivity index (χ2n) is 2.73. The van der Waals surface area contributed by atoms with Crippen LogP contribution >= 0.6 is 0 Å². The van der Waals surface area contributed by atoms with E-state index in [4.69, 9.17) is 0 Å². The summed E-state index contributed by atoms with van der Waals surface area (Å²) in [5.74, 6) is 0. The molecule has 1 aromatic heterocycles. The van der Waals surface area contributed by atoms with Gasteiger partial charge in [0.2, 0.25) is 0 Å². The highest BCUT2D eigenvalue weighted by Gasteiger charge is 1.94. The SMILES string of the molecule is CCC(C=O)=Cc1cccn1C. The van der Waals surface area contributed by atoms with Crippen molar-refractivity contribution in [3.63, 3.8) is 0 Å². The normalized spacial score (nSPS) is 11.7. The lowest BCUT2D eigenvalue weighted by Gasteiger charge is -1.97. The molecular formula is C10H13NO. The molecule has 0 aliphatic rings. The number of carbonyl (C=O) groups is 1. The standard InChI is InChI=1S/C10H13NO/c1-3-9(8-12)7-10-5-4-6-11(10)2/h4-8H,3H2,1-2H3. The van der Waals surface area contributed by atoms with Gasteiger partial charge < -0.3 is 4.57 Å². The molecule has 0 N–H and O–H groups in total. The molecule has 0 radical (unpaired) electrons. The first-order valence-corrected chi connectivity index (χ1v) is 4.05. The summed E-state index contributed by atoms with van der Waals surface area (Å²) in [6, 6.07) is 3.95. The summed E-state index contributed by atoms with van der Waals surface area (Å²) in [4.78, 5) is 10.5. The molecule has 1 aromatic rings. The maximum absolute atomic E-state index is 10.5. The fraction of sp³-hybridized carbons (Fsp3) is 0.300. The largest absolute Gasteiger partial charge is 0.351 e. The Balaban J connectivity index is 2.92. The first kappa shape index (κ1) is 8.78. The van der Waals surface area contributed by atoms with E-state index in [-0.39, 0.29) is 0 Å². The molecule has 0 aliphatic heterocycles. The van der Waals surface area contributed by atoms with Crippen LogP contribution in [0.4, 0.5) is 0 Å². The van der Waals surface area contributed by atoms with Crippen LogP contribution in [0.5, 0.6) is 0 Å². The Morgan fingerprint density at radius 2 is 2.42 bits per heavy atom. The first-order chi connectivity index (χ1) is 5.77. The van der Waals surface area contributed by atoms with Gasteiger partial charge in [0.15, 0.2) is 0 Å². The Hall–Kier alpha value is -1.31. The number of aldehydes is 1. The molecule has 0 saturated heterocycles. The number of aryl methyl sites for hydroxylation is 1. The van der Waals surface area contributed by atoms with Crippen LogP contribution < -0.4 is 0 Å². The third-order valence-electron chi connectivity index (χ3n) is 1.88. The lowest BCUT2D eigenvalue weighted by atomic mass is 10.2. The zero-order valence-electron chi connectivity index (χ0n) is 7.45. The maximum atomic E-state index is 10.5. The van der Waals surface area contributed by atoms with Crippen LogP contribution in [-0.4, -0.2) is 10.9 Å². The minimum absolute atomic E-state index is 0.786. The second kappa shape index (κ2) is 3.90. The Morgan fingerprint density at radius 1 is 1.67 bits per heavy atom. The number of allylic oxidation sites excluding steroid dienone is 1. The van der Waals surface area contributed by atoms with E-state index in [1.165, 1.54) is 0 Å². The Labute approximate surface area is 72.5 Å². The molecular weight excluding hydrogens is 150 g/mol. The van der Waals surface area contributed by atoms with E-state index >= 15 is 0 Å². The average Bonchev–Trinajstić information content (AvgIpc) is 2.47. The van der Waals surface area contributed by atoms with E-state index in [2.05, 4.69) is 0 Å². The van der Waals surface area contributed by atoms with E-state index in [9.17, 15) is 4.79 Å². The third-order valence-corrected chi connectivity index (χ3v) is 1.88. The van der Waals surface area contributed by atoms with Crippen LogP contribution in [-0.2, 0) is 11.8 Å². The summed E-state index contributed by atoms with van der Waals surface area (Å²) in [6.45, 7) is 1.98.